The van der Waals surface area contributed by atoms with E-state index in [-0.39, 0.29) is 6.04 Å². The van der Waals surface area contributed by atoms with Crippen molar-refractivity contribution in [2.45, 2.75) is 46.7 Å². The highest BCUT2D eigenvalue weighted by Gasteiger charge is 2.21. The molecule has 2 rings (SSSR count). The van der Waals surface area contributed by atoms with Crippen molar-refractivity contribution in [1.82, 2.24) is 19.6 Å². The molecule has 20 heavy (non-hydrogen) atoms. The summed E-state index contributed by atoms with van der Waals surface area (Å²) in [6.45, 7) is 9.02. The van der Waals surface area contributed by atoms with Crippen LogP contribution in [-0.4, -0.2) is 19.6 Å². The molecule has 2 aromatic heterocycles. The molecule has 1 unspecified atom stereocenters. The number of hydrogen-bond acceptors (Lipinski definition) is 3. The van der Waals surface area contributed by atoms with Gasteiger partial charge in [-0.15, -0.1) is 0 Å². The van der Waals surface area contributed by atoms with E-state index in [1.807, 2.05) is 30.3 Å². The van der Waals surface area contributed by atoms with Crippen LogP contribution in [0, 0.1) is 20.8 Å². The van der Waals surface area contributed by atoms with Crippen LogP contribution in [0.5, 0.6) is 0 Å². The summed E-state index contributed by atoms with van der Waals surface area (Å²) in [5.74, 6) is 0. The van der Waals surface area contributed by atoms with Gasteiger partial charge < -0.3 is 5.73 Å². The van der Waals surface area contributed by atoms with Crippen LogP contribution in [0.1, 0.15) is 41.3 Å². The number of halogens is 1. The summed E-state index contributed by atoms with van der Waals surface area (Å²) in [6, 6.07) is -0.0681. The SMILES string of the molecule is CCn1nc(C)c(Br)c1CC(N)c1c(C)nn(C)c1C. The van der Waals surface area contributed by atoms with Crippen molar-refractivity contribution in [3.8, 4) is 0 Å². The summed E-state index contributed by atoms with van der Waals surface area (Å²) in [6.07, 6.45) is 0.753. The van der Waals surface area contributed by atoms with Crippen molar-refractivity contribution in [2.24, 2.45) is 12.8 Å². The Bertz CT molecular complexity index is 626. The van der Waals surface area contributed by atoms with Gasteiger partial charge in [-0.25, -0.2) is 0 Å². The maximum absolute atomic E-state index is 6.43. The lowest BCUT2D eigenvalue weighted by Gasteiger charge is -2.14. The molecule has 6 heteroatoms. The van der Waals surface area contributed by atoms with E-state index in [0.29, 0.717) is 0 Å². The minimum atomic E-state index is -0.0681. The molecule has 0 saturated carbocycles. The standard InChI is InChI=1S/C14H22BrN5/c1-6-20-12(14(15)9(3)18-20)7-11(16)13-8(2)17-19(5)10(13)4/h11H,6-7,16H2,1-5H3. The maximum Gasteiger partial charge on any atom is 0.0738 e. The van der Waals surface area contributed by atoms with E-state index in [1.54, 1.807) is 0 Å². The van der Waals surface area contributed by atoms with E-state index in [1.165, 1.54) is 0 Å². The van der Waals surface area contributed by atoms with Gasteiger partial charge >= 0.3 is 0 Å². The molecule has 1 atom stereocenters. The second-order valence-electron chi connectivity index (χ2n) is 5.18. The lowest BCUT2D eigenvalue weighted by Crippen LogP contribution is -2.18. The highest BCUT2D eigenvalue weighted by atomic mass is 79.9. The molecular weight excluding hydrogens is 318 g/mol. The van der Waals surface area contributed by atoms with Crippen molar-refractivity contribution >= 4 is 15.9 Å². The maximum atomic E-state index is 6.43. The van der Waals surface area contributed by atoms with E-state index in [2.05, 4.69) is 40.0 Å². The number of nitrogens with two attached hydrogens (primary N) is 1. The van der Waals surface area contributed by atoms with Gasteiger partial charge in [0.2, 0.25) is 0 Å². The molecule has 0 amide bonds. The number of rotatable bonds is 4. The topological polar surface area (TPSA) is 61.7 Å². The fraction of sp³-hybridized carbons (Fsp3) is 0.571. The first-order chi connectivity index (χ1) is 9.36. The number of hydrogen-bond donors (Lipinski definition) is 1. The number of nitrogens with zero attached hydrogens (tertiary/aromatic N) is 4. The zero-order valence-corrected chi connectivity index (χ0v) is 14.3. The molecule has 0 aliphatic heterocycles. The molecule has 0 aliphatic rings. The first-order valence-corrected chi connectivity index (χ1v) is 7.63. The Balaban J connectivity index is 2.35. The third-order valence-electron chi connectivity index (χ3n) is 3.80. The molecule has 110 valence electrons. The quantitative estimate of drug-likeness (QED) is 0.931. The van der Waals surface area contributed by atoms with Gasteiger partial charge in [0.05, 0.1) is 21.6 Å². The molecule has 0 aromatic carbocycles. The predicted octanol–water partition coefficient (Wildman–Crippen LogP) is 2.57. The van der Waals surface area contributed by atoms with Crippen LogP contribution < -0.4 is 5.73 Å². The zero-order chi connectivity index (χ0) is 15.0. The molecule has 0 fully saturated rings. The normalized spacial score (nSPS) is 12.9. The van der Waals surface area contributed by atoms with E-state index >= 15 is 0 Å². The molecule has 0 aliphatic carbocycles. The molecule has 5 nitrogen and oxygen atoms in total. The van der Waals surface area contributed by atoms with Gasteiger partial charge in [-0.3, -0.25) is 9.36 Å². The summed E-state index contributed by atoms with van der Waals surface area (Å²) in [4.78, 5) is 0. The Kier molecular flexibility index (Phi) is 4.34. The Morgan fingerprint density at radius 1 is 1.20 bits per heavy atom. The highest BCUT2D eigenvalue weighted by molar-refractivity contribution is 9.10. The summed E-state index contributed by atoms with van der Waals surface area (Å²) < 4.78 is 4.97. The van der Waals surface area contributed by atoms with Gasteiger partial charge in [-0.2, -0.15) is 10.2 Å². The van der Waals surface area contributed by atoms with Crippen molar-refractivity contribution < 1.29 is 0 Å². The second-order valence-corrected chi connectivity index (χ2v) is 5.97. The third kappa shape index (κ3) is 2.54. The molecule has 0 saturated heterocycles. The summed E-state index contributed by atoms with van der Waals surface area (Å²) in [5, 5.41) is 8.96. The van der Waals surface area contributed by atoms with Crippen LogP contribution >= 0.6 is 15.9 Å². The minimum Gasteiger partial charge on any atom is -0.324 e. The second kappa shape index (κ2) is 5.69. The summed E-state index contributed by atoms with van der Waals surface area (Å²) >= 11 is 3.63. The highest BCUT2D eigenvalue weighted by Crippen LogP contribution is 2.28. The fourth-order valence-corrected chi connectivity index (χ4v) is 3.15. The summed E-state index contributed by atoms with van der Waals surface area (Å²) in [5.41, 5.74) is 11.9. The first-order valence-electron chi connectivity index (χ1n) is 6.84. The average Bonchev–Trinajstić information content (AvgIpc) is 2.80. The lowest BCUT2D eigenvalue weighted by atomic mass is 10.0. The van der Waals surface area contributed by atoms with Gasteiger partial charge in [0.25, 0.3) is 0 Å². The average molecular weight is 340 g/mol. The molecule has 2 N–H and O–H groups in total. The minimum absolute atomic E-state index is 0.0681. The Morgan fingerprint density at radius 2 is 1.85 bits per heavy atom. The number of aryl methyl sites for hydroxylation is 4. The predicted molar refractivity (Wildman–Crippen MR) is 83.7 cm³/mol. The van der Waals surface area contributed by atoms with Crippen molar-refractivity contribution in [3.05, 3.63) is 32.8 Å². The van der Waals surface area contributed by atoms with Gasteiger partial charge in [-0.1, -0.05) is 0 Å². The lowest BCUT2D eigenvalue weighted by molar-refractivity contribution is 0.584. The molecular formula is C14H22BrN5. The Hall–Kier alpha value is -1.14. The molecule has 0 spiro atoms. The van der Waals surface area contributed by atoms with Crippen molar-refractivity contribution in [1.29, 1.82) is 0 Å². The molecule has 2 heterocycles. The van der Waals surface area contributed by atoms with Gasteiger partial charge in [-0.05, 0) is 43.6 Å². The van der Waals surface area contributed by atoms with Crippen LogP contribution in [0.4, 0.5) is 0 Å². The monoisotopic (exact) mass is 339 g/mol. The largest absolute Gasteiger partial charge is 0.324 e. The fourth-order valence-electron chi connectivity index (χ4n) is 2.70. The summed E-state index contributed by atoms with van der Waals surface area (Å²) in [7, 11) is 1.95. The smallest absolute Gasteiger partial charge is 0.0738 e. The molecule has 0 bridgehead atoms. The van der Waals surface area contributed by atoms with Crippen LogP contribution in [-0.2, 0) is 20.0 Å². The molecule has 0 radical (unpaired) electrons. The zero-order valence-electron chi connectivity index (χ0n) is 12.7. The van der Waals surface area contributed by atoms with E-state index < -0.39 is 0 Å². The van der Waals surface area contributed by atoms with Gasteiger partial charge in [0.1, 0.15) is 0 Å². The molecule has 2 aromatic rings. The third-order valence-corrected chi connectivity index (χ3v) is 4.83. The van der Waals surface area contributed by atoms with E-state index in [4.69, 9.17) is 5.73 Å². The Morgan fingerprint density at radius 3 is 2.35 bits per heavy atom. The van der Waals surface area contributed by atoms with Crippen LogP contribution in [0.2, 0.25) is 0 Å². The van der Waals surface area contributed by atoms with Gasteiger partial charge in [0.15, 0.2) is 0 Å². The van der Waals surface area contributed by atoms with Crippen LogP contribution in [0.15, 0.2) is 4.47 Å². The van der Waals surface area contributed by atoms with Crippen LogP contribution in [0.25, 0.3) is 0 Å². The van der Waals surface area contributed by atoms with Crippen LogP contribution in [0.3, 0.4) is 0 Å². The van der Waals surface area contributed by atoms with E-state index in [0.717, 1.165) is 45.8 Å². The van der Waals surface area contributed by atoms with Crippen molar-refractivity contribution in [2.75, 3.05) is 0 Å². The van der Waals surface area contributed by atoms with Gasteiger partial charge in [0, 0.05) is 37.3 Å². The first kappa shape index (κ1) is 15.3. The van der Waals surface area contributed by atoms with Crippen molar-refractivity contribution in [3.63, 3.8) is 0 Å². The Labute approximate surface area is 128 Å². The number of aromatic nitrogens is 4. The van der Waals surface area contributed by atoms with E-state index in [9.17, 15) is 0 Å².